The molecule has 0 saturated heterocycles. The monoisotopic (exact) mass is 803 g/mol. The van der Waals surface area contributed by atoms with Gasteiger partial charge in [-0.3, -0.25) is 14.4 Å². The van der Waals surface area contributed by atoms with Crippen LogP contribution >= 0.6 is 0 Å². The topological polar surface area (TPSA) is 78.9 Å². The van der Waals surface area contributed by atoms with E-state index in [1.54, 1.807) is 0 Å². The van der Waals surface area contributed by atoms with Gasteiger partial charge >= 0.3 is 17.9 Å². The molecule has 0 bridgehead atoms. The molecule has 0 aromatic carbocycles. The molecule has 0 amide bonds. The molecule has 0 radical (unpaired) electrons. The lowest BCUT2D eigenvalue weighted by Crippen LogP contribution is -2.30. The number of hydrogen-bond acceptors (Lipinski definition) is 6. The van der Waals surface area contributed by atoms with Crippen LogP contribution in [0, 0.1) is 0 Å². The molecular weight excluding hydrogens is 709 g/mol. The standard InChI is InChI=1S/C51H94O6/c1-4-7-10-13-16-19-21-23-25-27-28-30-32-35-38-41-44-50(53)56-47-48(46-55-49(52)43-40-37-34-18-15-12-9-6-3)57-51(54)45-42-39-36-33-31-29-26-24-22-20-17-14-11-8-5-2/h24-27,48H,4-23,28-47H2,1-3H3/b26-24-,27-25-. The van der Waals surface area contributed by atoms with E-state index in [0.717, 1.165) is 70.6 Å². The zero-order chi connectivity index (χ0) is 41.5. The van der Waals surface area contributed by atoms with Gasteiger partial charge in [0.2, 0.25) is 0 Å². The molecule has 0 saturated carbocycles. The van der Waals surface area contributed by atoms with E-state index in [9.17, 15) is 14.4 Å². The average Bonchev–Trinajstić information content (AvgIpc) is 3.21. The van der Waals surface area contributed by atoms with E-state index in [1.165, 1.54) is 154 Å². The second-order valence-electron chi connectivity index (χ2n) is 16.7. The first-order valence-corrected chi connectivity index (χ1v) is 24.8. The predicted octanol–water partition coefficient (Wildman–Crippen LogP) is 16.0. The van der Waals surface area contributed by atoms with E-state index in [4.69, 9.17) is 14.2 Å². The molecule has 6 nitrogen and oxygen atoms in total. The Bertz CT molecular complexity index is 927. The highest BCUT2D eigenvalue weighted by Gasteiger charge is 2.19. The number of rotatable bonds is 45. The number of carbonyl (C=O) groups excluding carboxylic acids is 3. The number of ether oxygens (including phenoxy) is 3. The van der Waals surface area contributed by atoms with Crippen molar-refractivity contribution >= 4 is 17.9 Å². The van der Waals surface area contributed by atoms with Crippen molar-refractivity contribution in [3.63, 3.8) is 0 Å². The fraction of sp³-hybridized carbons (Fsp3) is 0.863. The maximum absolute atomic E-state index is 12.7. The van der Waals surface area contributed by atoms with Crippen LogP contribution in [0.25, 0.3) is 0 Å². The SMILES string of the molecule is CCCCCCCC/C=C\CCCCCCCC(=O)OC(COC(=O)CCCCCCC/C=C\CCCCCCCCC)COC(=O)CCCCCCCCCC. The van der Waals surface area contributed by atoms with Crippen LogP contribution < -0.4 is 0 Å². The number of unbranched alkanes of at least 4 members (excludes halogenated alkanes) is 30. The van der Waals surface area contributed by atoms with Gasteiger partial charge in [-0.25, -0.2) is 0 Å². The van der Waals surface area contributed by atoms with Crippen molar-refractivity contribution < 1.29 is 28.6 Å². The number of carbonyl (C=O) groups is 3. The first-order valence-electron chi connectivity index (χ1n) is 24.8. The summed E-state index contributed by atoms with van der Waals surface area (Å²) in [6.07, 6.45) is 51.6. The van der Waals surface area contributed by atoms with Crippen molar-refractivity contribution in [2.75, 3.05) is 13.2 Å². The van der Waals surface area contributed by atoms with Gasteiger partial charge < -0.3 is 14.2 Å². The Kier molecular flexibility index (Phi) is 44.9. The van der Waals surface area contributed by atoms with Crippen LogP contribution in [0.5, 0.6) is 0 Å². The number of esters is 3. The highest BCUT2D eigenvalue weighted by atomic mass is 16.6. The fourth-order valence-electron chi connectivity index (χ4n) is 7.14. The molecule has 0 N–H and O–H groups in total. The van der Waals surface area contributed by atoms with Gasteiger partial charge in [0.25, 0.3) is 0 Å². The van der Waals surface area contributed by atoms with E-state index < -0.39 is 6.10 Å². The molecule has 57 heavy (non-hydrogen) atoms. The Morgan fingerprint density at radius 3 is 0.877 bits per heavy atom. The third kappa shape index (κ3) is 44.8. The van der Waals surface area contributed by atoms with Crippen LogP contribution in [-0.4, -0.2) is 37.2 Å². The molecule has 6 heteroatoms. The van der Waals surface area contributed by atoms with Crippen molar-refractivity contribution in [1.29, 1.82) is 0 Å². The van der Waals surface area contributed by atoms with Crippen LogP contribution in [0.15, 0.2) is 24.3 Å². The molecule has 0 rings (SSSR count). The maximum Gasteiger partial charge on any atom is 0.306 e. The Labute approximate surface area is 353 Å². The van der Waals surface area contributed by atoms with Gasteiger partial charge in [0.15, 0.2) is 6.10 Å². The highest BCUT2D eigenvalue weighted by molar-refractivity contribution is 5.71. The summed E-state index contributed by atoms with van der Waals surface area (Å²) >= 11 is 0. The third-order valence-electron chi connectivity index (χ3n) is 10.9. The Morgan fingerprint density at radius 2 is 0.579 bits per heavy atom. The van der Waals surface area contributed by atoms with Crippen LogP contribution in [0.1, 0.15) is 265 Å². The Balaban J connectivity index is 4.31. The number of allylic oxidation sites excluding steroid dienone is 4. The lowest BCUT2D eigenvalue weighted by atomic mass is 10.1. The summed E-state index contributed by atoms with van der Waals surface area (Å²) in [5.41, 5.74) is 0. The van der Waals surface area contributed by atoms with E-state index in [0.29, 0.717) is 19.3 Å². The largest absolute Gasteiger partial charge is 0.462 e. The van der Waals surface area contributed by atoms with E-state index >= 15 is 0 Å². The van der Waals surface area contributed by atoms with Crippen molar-refractivity contribution in [2.45, 2.75) is 271 Å². The zero-order valence-corrected chi connectivity index (χ0v) is 38.1. The Hall–Kier alpha value is -2.11. The highest BCUT2D eigenvalue weighted by Crippen LogP contribution is 2.14. The van der Waals surface area contributed by atoms with E-state index in [1.807, 2.05) is 0 Å². The van der Waals surface area contributed by atoms with Gasteiger partial charge in [0, 0.05) is 19.3 Å². The molecule has 0 aliphatic heterocycles. The van der Waals surface area contributed by atoms with Crippen molar-refractivity contribution in [1.82, 2.24) is 0 Å². The van der Waals surface area contributed by atoms with Gasteiger partial charge in [0.1, 0.15) is 13.2 Å². The molecular formula is C51H94O6. The molecule has 1 atom stereocenters. The zero-order valence-electron chi connectivity index (χ0n) is 38.1. The van der Waals surface area contributed by atoms with Crippen molar-refractivity contribution in [3.05, 3.63) is 24.3 Å². The molecule has 0 spiro atoms. The summed E-state index contributed by atoms with van der Waals surface area (Å²) in [5, 5.41) is 0. The lowest BCUT2D eigenvalue weighted by Gasteiger charge is -2.18. The smallest absolute Gasteiger partial charge is 0.306 e. The summed E-state index contributed by atoms with van der Waals surface area (Å²) in [7, 11) is 0. The van der Waals surface area contributed by atoms with Crippen molar-refractivity contribution in [2.24, 2.45) is 0 Å². The second-order valence-corrected chi connectivity index (χ2v) is 16.7. The molecule has 334 valence electrons. The van der Waals surface area contributed by atoms with Gasteiger partial charge in [-0.05, 0) is 70.6 Å². The maximum atomic E-state index is 12.7. The molecule has 0 fully saturated rings. The predicted molar refractivity (Wildman–Crippen MR) is 243 cm³/mol. The molecule has 0 aromatic rings. The first kappa shape index (κ1) is 54.9. The van der Waals surface area contributed by atoms with Crippen LogP contribution in [-0.2, 0) is 28.6 Å². The molecule has 1 unspecified atom stereocenters. The number of hydrogen-bond donors (Lipinski definition) is 0. The minimum Gasteiger partial charge on any atom is -0.462 e. The lowest BCUT2D eigenvalue weighted by molar-refractivity contribution is -0.167. The van der Waals surface area contributed by atoms with Gasteiger partial charge in [-0.2, -0.15) is 0 Å². The minimum atomic E-state index is -0.772. The first-order chi connectivity index (χ1) is 28.0. The quantitative estimate of drug-likeness (QED) is 0.0264. The molecule has 0 aromatic heterocycles. The molecule has 0 aliphatic rings. The molecule has 0 heterocycles. The summed E-state index contributed by atoms with van der Waals surface area (Å²) < 4.78 is 16.7. The van der Waals surface area contributed by atoms with Crippen LogP contribution in [0.3, 0.4) is 0 Å². The minimum absolute atomic E-state index is 0.0747. The third-order valence-corrected chi connectivity index (χ3v) is 10.9. The average molecular weight is 803 g/mol. The summed E-state index contributed by atoms with van der Waals surface area (Å²) in [6.45, 7) is 6.60. The van der Waals surface area contributed by atoms with Crippen molar-refractivity contribution in [3.8, 4) is 0 Å². The van der Waals surface area contributed by atoms with Gasteiger partial charge in [-0.1, -0.05) is 199 Å². The summed E-state index contributed by atoms with van der Waals surface area (Å²) in [5.74, 6) is -0.887. The fourth-order valence-corrected chi connectivity index (χ4v) is 7.14. The van der Waals surface area contributed by atoms with Gasteiger partial charge in [0.05, 0.1) is 0 Å². The van der Waals surface area contributed by atoms with Crippen LogP contribution in [0.4, 0.5) is 0 Å². The second kappa shape index (κ2) is 46.6. The van der Waals surface area contributed by atoms with Gasteiger partial charge in [-0.15, -0.1) is 0 Å². The normalized spacial score (nSPS) is 12.1. The van der Waals surface area contributed by atoms with E-state index in [-0.39, 0.29) is 31.1 Å². The van der Waals surface area contributed by atoms with Crippen LogP contribution in [0.2, 0.25) is 0 Å². The molecule has 0 aliphatic carbocycles. The summed E-state index contributed by atoms with van der Waals surface area (Å²) in [6, 6.07) is 0. The Morgan fingerprint density at radius 1 is 0.333 bits per heavy atom. The summed E-state index contributed by atoms with van der Waals surface area (Å²) in [4.78, 5) is 37.8. The van der Waals surface area contributed by atoms with E-state index in [2.05, 4.69) is 45.1 Å².